The molecule has 0 heterocycles. The first kappa shape index (κ1) is 12.8. The maximum absolute atomic E-state index is 11.6. The Hall–Kier alpha value is -1.23. The van der Waals surface area contributed by atoms with Crippen molar-refractivity contribution in [3.8, 4) is 18.1 Å². The molecule has 86 valence electrons. The van der Waals surface area contributed by atoms with Gasteiger partial charge in [0, 0.05) is 6.42 Å². The van der Waals surface area contributed by atoms with Crippen molar-refractivity contribution >= 4 is 7.60 Å². The van der Waals surface area contributed by atoms with Crippen LogP contribution in [0, 0.1) is 12.3 Å². The Morgan fingerprint density at radius 3 is 2.62 bits per heavy atom. The molecule has 4 heteroatoms. The van der Waals surface area contributed by atoms with Gasteiger partial charge in [-0.25, -0.2) is 4.57 Å². The average molecular weight is 238 g/mol. The summed E-state index contributed by atoms with van der Waals surface area (Å²) in [4.78, 5) is 9.55. The highest BCUT2D eigenvalue weighted by Crippen LogP contribution is 2.43. The second-order valence-electron chi connectivity index (χ2n) is 3.43. The van der Waals surface area contributed by atoms with E-state index < -0.39 is 7.60 Å². The van der Waals surface area contributed by atoms with E-state index in [4.69, 9.17) is 10.9 Å². The van der Waals surface area contributed by atoms with Gasteiger partial charge in [-0.1, -0.05) is 18.2 Å². The van der Waals surface area contributed by atoms with Gasteiger partial charge in [0.05, 0.1) is 6.16 Å². The van der Waals surface area contributed by atoms with Crippen molar-refractivity contribution in [3.63, 3.8) is 0 Å². The van der Waals surface area contributed by atoms with Gasteiger partial charge in [0.15, 0.2) is 0 Å². The fourth-order valence-electron chi connectivity index (χ4n) is 1.23. The van der Waals surface area contributed by atoms with Gasteiger partial charge in [-0.15, -0.1) is 12.3 Å². The van der Waals surface area contributed by atoms with Crippen LogP contribution in [0.5, 0.6) is 5.75 Å². The molecule has 0 bridgehead atoms. The second kappa shape index (κ2) is 6.37. The molecule has 0 amide bonds. The van der Waals surface area contributed by atoms with Gasteiger partial charge in [0.2, 0.25) is 0 Å². The lowest BCUT2D eigenvalue weighted by atomic mass is 10.3. The van der Waals surface area contributed by atoms with Crippen molar-refractivity contribution in [2.24, 2.45) is 0 Å². The first-order valence-corrected chi connectivity index (χ1v) is 6.90. The highest BCUT2D eigenvalue weighted by molar-refractivity contribution is 7.53. The van der Waals surface area contributed by atoms with E-state index in [0.717, 1.165) is 6.42 Å². The third-order valence-corrected chi connectivity index (χ3v) is 3.38. The minimum Gasteiger partial charge on any atom is -0.424 e. The topological polar surface area (TPSA) is 46.5 Å². The van der Waals surface area contributed by atoms with Gasteiger partial charge in [-0.3, -0.25) is 0 Å². The summed E-state index contributed by atoms with van der Waals surface area (Å²) in [5.41, 5.74) is 0. The van der Waals surface area contributed by atoms with Gasteiger partial charge in [-0.05, 0) is 25.0 Å². The Kier molecular flexibility index (Phi) is 5.11. The molecule has 0 saturated heterocycles. The Morgan fingerprint density at radius 1 is 1.31 bits per heavy atom. The number of rotatable bonds is 6. The number of para-hydroxylation sites is 1. The monoisotopic (exact) mass is 238 g/mol. The molecular formula is C12H15O3P. The van der Waals surface area contributed by atoms with Crippen molar-refractivity contribution in [2.75, 3.05) is 6.16 Å². The third-order valence-electron chi connectivity index (χ3n) is 2.00. The minimum atomic E-state index is -3.52. The summed E-state index contributed by atoms with van der Waals surface area (Å²) >= 11 is 0. The molecule has 0 aliphatic heterocycles. The molecule has 0 saturated carbocycles. The van der Waals surface area contributed by atoms with Crippen molar-refractivity contribution in [2.45, 2.75) is 19.3 Å². The van der Waals surface area contributed by atoms with E-state index in [1.54, 1.807) is 24.3 Å². The SMILES string of the molecule is C#CCCCCP(=O)(O)Oc1ccccc1. The normalized spacial score (nSPS) is 13.8. The Morgan fingerprint density at radius 2 is 2.00 bits per heavy atom. The number of terminal acetylenes is 1. The van der Waals surface area contributed by atoms with Crippen LogP contribution in [-0.2, 0) is 4.57 Å². The van der Waals surface area contributed by atoms with Crippen LogP contribution < -0.4 is 4.52 Å². The molecule has 0 aliphatic rings. The molecule has 0 fully saturated rings. The summed E-state index contributed by atoms with van der Waals surface area (Å²) in [6, 6.07) is 8.65. The Labute approximate surface area is 96.0 Å². The summed E-state index contributed by atoms with van der Waals surface area (Å²) in [6.45, 7) is 0. The molecule has 1 atom stereocenters. The number of benzene rings is 1. The van der Waals surface area contributed by atoms with Crippen LogP contribution in [-0.4, -0.2) is 11.1 Å². The Bertz CT molecular complexity index is 394. The molecular weight excluding hydrogens is 223 g/mol. The lowest BCUT2D eigenvalue weighted by molar-refractivity contribution is 0.377. The standard InChI is InChI=1S/C12H15O3P/c1-2-3-4-8-11-16(13,14)15-12-9-6-5-7-10-12/h1,5-7,9-10H,3-4,8,11H2,(H,13,14). The fraction of sp³-hybridized carbons (Fsp3) is 0.333. The molecule has 1 unspecified atom stereocenters. The zero-order chi connectivity index (χ0) is 11.9. The molecule has 0 aliphatic carbocycles. The molecule has 0 aromatic heterocycles. The quantitative estimate of drug-likeness (QED) is 0.470. The number of unbranched alkanes of at least 4 members (excludes halogenated alkanes) is 2. The van der Waals surface area contributed by atoms with Crippen LogP contribution in [0.4, 0.5) is 0 Å². The van der Waals surface area contributed by atoms with E-state index >= 15 is 0 Å². The fourth-order valence-corrected chi connectivity index (χ4v) is 2.40. The molecule has 1 rings (SSSR count). The molecule has 0 radical (unpaired) electrons. The maximum Gasteiger partial charge on any atom is 0.376 e. The predicted octanol–water partition coefficient (Wildman–Crippen LogP) is 3.05. The van der Waals surface area contributed by atoms with E-state index in [0.29, 0.717) is 18.6 Å². The van der Waals surface area contributed by atoms with E-state index in [-0.39, 0.29) is 6.16 Å². The molecule has 3 nitrogen and oxygen atoms in total. The zero-order valence-corrected chi connectivity index (χ0v) is 9.90. The van der Waals surface area contributed by atoms with Crippen molar-refractivity contribution in [1.82, 2.24) is 0 Å². The molecule has 1 aromatic carbocycles. The smallest absolute Gasteiger partial charge is 0.376 e. The van der Waals surface area contributed by atoms with Crippen LogP contribution in [0.25, 0.3) is 0 Å². The lowest BCUT2D eigenvalue weighted by Gasteiger charge is -2.12. The number of hydrogen-bond acceptors (Lipinski definition) is 2. The summed E-state index contributed by atoms with van der Waals surface area (Å²) in [5.74, 6) is 2.91. The van der Waals surface area contributed by atoms with Crippen LogP contribution in [0.1, 0.15) is 19.3 Å². The molecule has 1 aromatic rings. The highest BCUT2D eigenvalue weighted by atomic mass is 31.2. The van der Waals surface area contributed by atoms with Crippen LogP contribution in [0.3, 0.4) is 0 Å². The summed E-state index contributed by atoms with van der Waals surface area (Å²) in [6.07, 6.45) is 7.21. The zero-order valence-electron chi connectivity index (χ0n) is 9.00. The van der Waals surface area contributed by atoms with Gasteiger partial charge in [0.1, 0.15) is 5.75 Å². The van der Waals surface area contributed by atoms with Crippen LogP contribution >= 0.6 is 7.60 Å². The van der Waals surface area contributed by atoms with E-state index in [1.165, 1.54) is 0 Å². The van der Waals surface area contributed by atoms with Crippen molar-refractivity contribution in [3.05, 3.63) is 30.3 Å². The van der Waals surface area contributed by atoms with E-state index in [1.807, 2.05) is 6.07 Å². The van der Waals surface area contributed by atoms with E-state index in [9.17, 15) is 9.46 Å². The van der Waals surface area contributed by atoms with Crippen molar-refractivity contribution < 1.29 is 14.0 Å². The third kappa shape index (κ3) is 5.02. The lowest BCUT2D eigenvalue weighted by Crippen LogP contribution is -1.97. The first-order chi connectivity index (χ1) is 7.64. The van der Waals surface area contributed by atoms with Crippen LogP contribution in [0.15, 0.2) is 30.3 Å². The van der Waals surface area contributed by atoms with Gasteiger partial charge >= 0.3 is 7.60 Å². The van der Waals surface area contributed by atoms with Crippen molar-refractivity contribution in [1.29, 1.82) is 0 Å². The molecule has 16 heavy (non-hydrogen) atoms. The van der Waals surface area contributed by atoms with Gasteiger partial charge < -0.3 is 9.42 Å². The second-order valence-corrected chi connectivity index (χ2v) is 5.33. The highest BCUT2D eigenvalue weighted by Gasteiger charge is 2.19. The largest absolute Gasteiger partial charge is 0.424 e. The maximum atomic E-state index is 11.6. The molecule has 1 N–H and O–H groups in total. The number of hydrogen-bond donors (Lipinski definition) is 1. The average Bonchev–Trinajstić information content (AvgIpc) is 2.25. The minimum absolute atomic E-state index is 0.142. The predicted molar refractivity (Wildman–Crippen MR) is 64.4 cm³/mol. The Balaban J connectivity index is 2.40. The summed E-state index contributed by atoms with van der Waals surface area (Å²) in [7, 11) is -3.52. The summed E-state index contributed by atoms with van der Waals surface area (Å²) in [5, 5.41) is 0. The van der Waals surface area contributed by atoms with Crippen LogP contribution in [0.2, 0.25) is 0 Å². The van der Waals surface area contributed by atoms with Gasteiger partial charge in [0.25, 0.3) is 0 Å². The van der Waals surface area contributed by atoms with Gasteiger partial charge in [-0.2, -0.15) is 0 Å². The first-order valence-electron chi connectivity index (χ1n) is 5.14. The molecule has 0 spiro atoms. The van der Waals surface area contributed by atoms with E-state index in [2.05, 4.69) is 5.92 Å². The summed E-state index contributed by atoms with van der Waals surface area (Å²) < 4.78 is 16.7.